The maximum absolute atomic E-state index is 13.1. The smallest absolute Gasteiger partial charge is 0.195 e. The lowest BCUT2D eigenvalue weighted by Gasteiger charge is -2.23. The maximum atomic E-state index is 13.1. The lowest BCUT2D eigenvalue weighted by atomic mass is 10.0. The van der Waals surface area contributed by atoms with Crippen LogP contribution in [0.25, 0.3) is 11.4 Å². The highest BCUT2D eigenvalue weighted by atomic mass is 32.1. The Kier molecular flexibility index (Phi) is 3.11. The zero-order valence-corrected chi connectivity index (χ0v) is 11.7. The van der Waals surface area contributed by atoms with Crippen molar-refractivity contribution in [3.05, 3.63) is 34.4 Å². The second kappa shape index (κ2) is 4.31. The number of rotatable bonds is 1. The molecule has 1 aromatic heterocycles. The lowest BCUT2D eigenvalue weighted by molar-refractivity contribution is 0.395. The fraction of sp³-hybridized carbons (Fsp3) is 0.385. The van der Waals surface area contributed by atoms with Crippen LogP contribution in [0.1, 0.15) is 26.3 Å². The van der Waals surface area contributed by atoms with Crippen LogP contribution in [0.15, 0.2) is 18.2 Å². The molecule has 1 N–H and O–H groups in total. The number of halogens is 1. The minimum atomic E-state index is -0.243. The highest BCUT2D eigenvalue weighted by Gasteiger charge is 2.21. The SMILES string of the molecule is Cc1cc(F)ccc1-c1n[nH]c(=S)n1C(C)(C)C. The number of aromatic amines is 1. The van der Waals surface area contributed by atoms with Crippen molar-refractivity contribution in [3.63, 3.8) is 0 Å². The molecule has 0 fully saturated rings. The van der Waals surface area contributed by atoms with Gasteiger partial charge in [-0.1, -0.05) is 0 Å². The van der Waals surface area contributed by atoms with Gasteiger partial charge in [0, 0.05) is 11.1 Å². The second-order valence-corrected chi connectivity index (χ2v) is 5.70. The van der Waals surface area contributed by atoms with Crippen LogP contribution < -0.4 is 0 Å². The Morgan fingerprint density at radius 3 is 2.56 bits per heavy atom. The molecule has 1 aromatic carbocycles. The molecular weight excluding hydrogens is 249 g/mol. The highest BCUT2D eigenvalue weighted by molar-refractivity contribution is 7.71. The molecule has 0 atom stereocenters. The summed E-state index contributed by atoms with van der Waals surface area (Å²) in [5.74, 6) is 0.498. The maximum Gasteiger partial charge on any atom is 0.195 e. The molecule has 3 nitrogen and oxygen atoms in total. The summed E-state index contributed by atoms with van der Waals surface area (Å²) < 4.78 is 15.7. The molecule has 0 aliphatic rings. The van der Waals surface area contributed by atoms with Crippen LogP contribution >= 0.6 is 12.2 Å². The molecule has 2 aromatic rings. The summed E-state index contributed by atoms with van der Waals surface area (Å²) in [5, 5.41) is 7.07. The minimum absolute atomic E-state index is 0.180. The Hall–Kier alpha value is -1.49. The van der Waals surface area contributed by atoms with Crippen molar-refractivity contribution in [2.24, 2.45) is 0 Å². The van der Waals surface area contributed by atoms with Crippen molar-refractivity contribution >= 4 is 12.2 Å². The average molecular weight is 265 g/mol. The van der Waals surface area contributed by atoms with Crippen LogP contribution in [-0.4, -0.2) is 14.8 Å². The Morgan fingerprint density at radius 1 is 1.33 bits per heavy atom. The van der Waals surface area contributed by atoms with Crippen LogP contribution in [-0.2, 0) is 5.54 Å². The summed E-state index contributed by atoms with van der Waals surface area (Å²) in [6.07, 6.45) is 0. The Labute approximate surface area is 111 Å². The number of hydrogen-bond acceptors (Lipinski definition) is 2. The summed E-state index contributed by atoms with van der Waals surface area (Å²) in [6, 6.07) is 4.67. The van der Waals surface area contributed by atoms with Gasteiger partial charge in [-0.2, -0.15) is 5.10 Å². The summed E-state index contributed by atoms with van der Waals surface area (Å²) >= 11 is 5.26. The van der Waals surface area contributed by atoms with Crippen molar-refractivity contribution in [1.82, 2.24) is 14.8 Å². The van der Waals surface area contributed by atoms with E-state index in [-0.39, 0.29) is 11.4 Å². The fourth-order valence-electron chi connectivity index (χ4n) is 1.98. The molecule has 0 aliphatic heterocycles. The highest BCUT2D eigenvalue weighted by Crippen LogP contribution is 2.27. The third-order valence-electron chi connectivity index (χ3n) is 2.77. The number of aryl methyl sites for hydroxylation is 1. The normalized spacial score (nSPS) is 11.8. The zero-order valence-electron chi connectivity index (χ0n) is 10.9. The molecule has 96 valence electrons. The van der Waals surface area contributed by atoms with E-state index >= 15 is 0 Å². The van der Waals surface area contributed by atoms with Crippen LogP contribution in [0.5, 0.6) is 0 Å². The molecule has 0 saturated carbocycles. The van der Waals surface area contributed by atoms with Crippen LogP contribution in [0.4, 0.5) is 4.39 Å². The summed E-state index contributed by atoms with van der Waals surface area (Å²) in [7, 11) is 0. The Balaban J connectivity index is 2.69. The van der Waals surface area contributed by atoms with Crippen molar-refractivity contribution < 1.29 is 4.39 Å². The molecular formula is C13H16FN3S. The Morgan fingerprint density at radius 2 is 2.00 bits per heavy atom. The molecule has 0 bridgehead atoms. The molecule has 5 heteroatoms. The minimum Gasteiger partial charge on any atom is -0.295 e. The molecule has 0 aliphatic carbocycles. The monoisotopic (exact) mass is 265 g/mol. The number of aromatic nitrogens is 3. The van der Waals surface area contributed by atoms with E-state index in [4.69, 9.17) is 12.2 Å². The first-order chi connectivity index (χ1) is 8.30. The van der Waals surface area contributed by atoms with Gasteiger partial charge in [0.1, 0.15) is 5.82 Å². The van der Waals surface area contributed by atoms with Crippen LogP contribution in [0.2, 0.25) is 0 Å². The first kappa shape index (κ1) is 13.0. The van der Waals surface area contributed by atoms with E-state index in [2.05, 4.69) is 31.0 Å². The zero-order chi connectivity index (χ0) is 13.5. The molecule has 18 heavy (non-hydrogen) atoms. The number of H-pyrrole nitrogens is 1. The van der Waals surface area contributed by atoms with E-state index in [0.29, 0.717) is 4.77 Å². The predicted octanol–water partition coefficient (Wildman–Crippen LogP) is 3.81. The molecule has 2 rings (SSSR count). The fourth-order valence-corrected chi connectivity index (χ4v) is 2.38. The topological polar surface area (TPSA) is 33.6 Å². The van der Waals surface area contributed by atoms with E-state index in [1.54, 1.807) is 6.07 Å². The standard InChI is InChI=1S/C13H16FN3S/c1-8-7-9(14)5-6-10(8)11-15-16-12(18)17(11)13(2,3)4/h5-7H,1-4H3,(H,16,18). The van der Waals surface area contributed by atoms with E-state index in [0.717, 1.165) is 17.0 Å². The van der Waals surface area contributed by atoms with Crippen LogP contribution in [0.3, 0.4) is 0 Å². The van der Waals surface area contributed by atoms with Gasteiger partial charge in [-0.15, -0.1) is 0 Å². The average Bonchev–Trinajstić information content (AvgIpc) is 2.59. The van der Waals surface area contributed by atoms with Gasteiger partial charge in [-0.05, 0) is 63.7 Å². The lowest BCUT2D eigenvalue weighted by Crippen LogP contribution is -2.23. The van der Waals surface area contributed by atoms with Crippen molar-refractivity contribution in [2.45, 2.75) is 33.2 Å². The van der Waals surface area contributed by atoms with Crippen molar-refractivity contribution in [3.8, 4) is 11.4 Å². The molecule has 0 spiro atoms. The van der Waals surface area contributed by atoms with Gasteiger partial charge in [0.25, 0.3) is 0 Å². The summed E-state index contributed by atoms with van der Waals surface area (Å²) in [5.41, 5.74) is 1.55. The number of nitrogens with zero attached hydrogens (tertiary/aromatic N) is 2. The van der Waals surface area contributed by atoms with Gasteiger partial charge in [0.2, 0.25) is 0 Å². The molecule has 0 saturated heterocycles. The third-order valence-corrected chi connectivity index (χ3v) is 3.05. The van der Waals surface area contributed by atoms with E-state index in [9.17, 15) is 4.39 Å². The van der Waals surface area contributed by atoms with Crippen LogP contribution in [0, 0.1) is 17.5 Å². The van der Waals surface area contributed by atoms with Gasteiger partial charge in [0.05, 0.1) is 0 Å². The van der Waals surface area contributed by atoms with Gasteiger partial charge in [0.15, 0.2) is 10.6 Å². The molecule has 1 heterocycles. The quantitative estimate of drug-likeness (QED) is 0.795. The first-order valence-corrected chi connectivity index (χ1v) is 6.16. The number of hydrogen-bond donors (Lipinski definition) is 1. The molecule has 0 unspecified atom stereocenters. The molecule has 0 amide bonds. The van der Waals surface area contributed by atoms with Gasteiger partial charge in [-0.3, -0.25) is 9.67 Å². The van der Waals surface area contributed by atoms with E-state index in [1.165, 1.54) is 12.1 Å². The largest absolute Gasteiger partial charge is 0.295 e. The van der Waals surface area contributed by atoms with Crippen molar-refractivity contribution in [1.29, 1.82) is 0 Å². The summed E-state index contributed by atoms with van der Waals surface area (Å²) in [4.78, 5) is 0. The van der Waals surface area contributed by atoms with E-state index < -0.39 is 0 Å². The third kappa shape index (κ3) is 2.22. The Bertz CT molecular complexity index is 634. The van der Waals surface area contributed by atoms with E-state index in [1.807, 2.05) is 11.5 Å². The second-order valence-electron chi connectivity index (χ2n) is 5.32. The predicted molar refractivity (Wildman–Crippen MR) is 72.5 cm³/mol. The van der Waals surface area contributed by atoms with Crippen molar-refractivity contribution in [2.75, 3.05) is 0 Å². The van der Waals surface area contributed by atoms with Gasteiger partial charge in [-0.25, -0.2) is 4.39 Å². The number of nitrogens with one attached hydrogen (secondary N) is 1. The van der Waals surface area contributed by atoms with Gasteiger partial charge < -0.3 is 0 Å². The first-order valence-electron chi connectivity index (χ1n) is 5.75. The molecule has 0 radical (unpaired) electrons. The number of benzene rings is 1. The summed E-state index contributed by atoms with van der Waals surface area (Å²) in [6.45, 7) is 8.03. The van der Waals surface area contributed by atoms with Gasteiger partial charge >= 0.3 is 0 Å².